The van der Waals surface area contributed by atoms with Gasteiger partial charge in [0.1, 0.15) is 0 Å². The van der Waals surface area contributed by atoms with Crippen LogP contribution >= 0.6 is 0 Å². The lowest BCUT2D eigenvalue weighted by Gasteiger charge is -2.18. The molecular formula is C22H27N3O4. The first kappa shape index (κ1) is 20.7. The summed E-state index contributed by atoms with van der Waals surface area (Å²) in [5.41, 5.74) is 2.69. The monoisotopic (exact) mass is 397 g/mol. The van der Waals surface area contributed by atoms with E-state index in [1.165, 1.54) is 5.56 Å². The van der Waals surface area contributed by atoms with Crippen molar-refractivity contribution in [3.8, 4) is 11.5 Å². The molecule has 0 spiro atoms. The lowest BCUT2D eigenvalue weighted by atomic mass is 10.1. The summed E-state index contributed by atoms with van der Waals surface area (Å²) in [6.45, 7) is 7.75. The van der Waals surface area contributed by atoms with E-state index in [9.17, 15) is 9.59 Å². The summed E-state index contributed by atoms with van der Waals surface area (Å²) in [5.74, 6) is 0.569. The summed E-state index contributed by atoms with van der Waals surface area (Å²) in [4.78, 5) is 26.6. The number of carbonyl (C=O) groups excluding carboxylic acids is 2. The van der Waals surface area contributed by atoms with Gasteiger partial charge in [0, 0.05) is 18.7 Å². The van der Waals surface area contributed by atoms with E-state index < -0.39 is 0 Å². The number of fused-ring (bicyclic) bond motifs is 1. The Balaban J connectivity index is 1.42. The lowest BCUT2D eigenvalue weighted by molar-refractivity contribution is -0.120. The van der Waals surface area contributed by atoms with Crippen molar-refractivity contribution in [2.75, 3.05) is 26.4 Å². The topological polar surface area (TPSA) is 79.9 Å². The molecule has 0 aromatic heterocycles. The zero-order chi connectivity index (χ0) is 20.6. The molecule has 1 heterocycles. The van der Waals surface area contributed by atoms with E-state index in [2.05, 4.69) is 41.5 Å². The maximum atomic E-state index is 12.2. The Kier molecular flexibility index (Phi) is 7.08. The van der Waals surface area contributed by atoms with Crippen LogP contribution in [0, 0.1) is 0 Å². The molecule has 0 unspecified atom stereocenters. The van der Waals surface area contributed by atoms with Crippen molar-refractivity contribution in [2.24, 2.45) is 0 Å². The Labute approximate surface area is 171 Å². The Bertz CT molecular complexity index is 848. The molecule has 2 amide bonds. The fourth-order valence-electron chi connectivity index (χ4n) is 3.03. The normalized spacial score (nSPS) is 12.1. The maximum absolute atomic E-state index is 12.2. The third kappa shape index (κ3) is 5.71. The van der Waals surface area contributed by atoms with E-state index in [0.29, 0.717) is 23.6 Å². The Morgan fingerprint density at radius 1 is 0.931 bits per heavy atom. The molecule has 7 nitrogen and oxygen atoms in total. The van der Waals surface area contributed by atoms with Gasteiger partial charge in [-0.15, -0.1) is 0 Å². The average Bonchev–Trinajstić information content (AvgIpc) is 3.23. The number of rotatable bonds is 9. The summed E-state index contributed by atoms with van der Waals surface area (Å²) in [5, 5.41) is 5.44. The molecule has 0 atom stereocenters. The van der Waals surface area contributed by atoms with E-state index in [0.717, 1.165) is 25.2 Å². The number of ether oxygens (including phenoxy) is 2. The van der Waals surface area contributed by atoms with Gasteiger partial charge < -0.3 is 20.1 Å². The SMILES string of the molecule is CCN(CC)Cc1ccc(CNC(=O)CNC(=O)c2ccc3c(c2)OCO3)cc1. The zero-order valence-corrected chi connectivity index (χ0v) is 16.9. The Morgan fingerprint density at radius 3 is 2.34 bits per heavy atom. The van der Waals surface area contributed by atoms with Gasteiger partial charge in [-0.3, -0.25) is 14.5 Å². The van der Waals surface area contributed by atoms with Crippen LogP contribution in [0.25, 0.3) is 0 Å². The number of nitrogens with zero attached hydrogens (tertiary/aromatic N) is 1. The standard InChI is InChI=1S/C22H27N3O4/c1-3-25(4-2)14-17-7-5-16(6-8-17)12-23-21(26)13-24-22(27)18-9-10-19-20(11-18)29-15-28-19/h5-11H,3-4,12-15H2,1-2H3,(H,23,26)(H,24,27). The van der Waals surface area contributed by atoms with Crippen LogP contribution in [0.5, 0.6) is 11.5 Å². The predicted octanol–water partition coefficient (Wildman–Crippen LogP) is 2.30. The van der Waals surface area contributed by atoms with Crippen molar-refractivity contribution < 1.29 is 19.1 Å². The molecule has 0 fully saturated rings. The third-order valence-electron chi connectivity index (χ3n) is 4.86. The van der Waals surface area contributed by atoms with Crippen LogP contribution in [0.15, 0.2) is 42.5 Å². The van der Waals surface area contributed by atoms with Crippen LogP contribution in [-0.4, -0.2) is 43.1 Å². The van der Waals surface area contributed by atoms with Crippen molar-refractivity contribution in [3.05, 3.63) is 59.2 Å². The predicted molar refractivity (Wildman–Crippen MR) is 110 cm³/mol. The highest BCUT2D eigenvalue weighted by molar-refractivity contribution is 5.97. The number of hydrogen-bond acceptors (Lipinski definition) is 5. The maximum Gasteiger partial charge on any atom is 0.251 e. The highest BCUT2D eigenvalue weighted by atomic mass is 16.7. The first-order chi connectivity index (χ1) is 14.1. The van der Waals surface area contributed by atoms with Crippen LogP contribution in [0.2, 0.25) is 0 Å². The highest BCUT2D eigenvalue weighted by Crippen LogP contribution is 2.32. The van der Waals surface area contributed by atoms with Crippen molar-refractivity contribution >= 4 is 11.8 Å². The van der Waals surface area contributed by atoms with E-state index in [1.54, 1.807) is 18.2 Å². The van der Waals surface area contributed by atoms with Crippen molar-refractivity contribution in [1.82, 2.24) is 15.5 Å². The van der Waals surface area contributed by atoms with Crippen LogP contribution in [-0.2, 0) is 17.9 Å². The molecule has 0 radical (unpaired) electrons. The first-order valence-electron chi connectivity index (χ1n) is 9.83. The Morgan fingerprint density at radius 2 is 1.62 bits per heavy atom. The van der Waals surface area contributed by atoms with Crippen molar-refractivity contribution in [1.29, 1.82) is 0 Å². The van der Waals surface area contributed by atoms with Crippen LogP contribution < -0.4 is 20.1 Å². The van der Waals surface area contributed by atoms with Gasteiger partial charge in [-0.25, -0.2) is 0 Å². The highest BCUT2D eigenvalue weighted by Gasteiger charge is 2.16. The first-order valence-corrected chi connectivity index (χ1v) is 9.83. The minimum Gasteiger partial charge on any atom is -0.454 e. The van der Waals surface area contributed by atoms with Gasteiger partial charge in [-0.1, -0.05) is 38.1 Å². The molecule has 0 saturated carbocycles. The third-order valence-corrected chi connectivity index (χ3v) is 4.86. The van der Waals surface area contributed by atoms with Gasteiger partial charge in [-0.05, 0) is 42.4 Å². The molecular weight excluding hydrogens is 370 g/mol. The minimum absolute atomic E-state index is 0.0900. The van der Waals surface area contributed by atoms with Gasteiger partial charge >= 0.3 is 0 Å². The molecule has 2 N–H and O–H groups in total. The molecule has 1 aliphatic rings. The quantitative estimate of drug-likeness (QED) is 0.679. The molecule has 29 heavy (non-hydrogen) atoms. The summed E-state index contributed by atoms with van der Waals surface area (Å²) < 4.78 is 10.5. The smallest absolute Gasteiger partial charge is 0.251 e. The second kappa shape index (κ2) is 9.93. The summed E-state index contributed by atoms with van der Waals surface area (Å²) in [6, 6.07) is 13.1. The van der Waals surface area contributed by atoms with Crippen LogP contribution in [0.1, 0.15) is 35.3 Å². The summed E-state index contributed by atoms with van der Waals surface area (Å²) in [7, 11) is 0. The summed E-state index contributed by atoms with van der Waals surface area (Å²) in [6.07, 6.45) is 0. The number of benzene rings is 2. The fourth-order valence-corrected chi connectivity index (χ4v) is 3.03. The van der Waals surface area contributed by atoms with Gasteiger partial charge in [0.05, 0.1) is 6.54 Å². The minimum atomic E-state index is -0.334. The number of nitrogens with one attached hydrogen (secondary N) is 2. The Hall–Kier alpha value is -3.06. The summed E-state index contributed by atoms with van der Waals surface area (Å²) >= 11 is 0. The second-order valence-electron chi connectivity index (χ2n) is 6.81. The van der Waals surface area contributed by atoms with Gasteiger partial charge in [-0.2, -0.15) is 0 Å². The number of hydrogen-bond donors (Lipinski definition) is 2. The van der Waals surface area contributed by atoms with Crippen molar-refractivity contribution in [3.63, 3.8) is 0 Å². The lowest BCUT2D eigenvalue weighted by Crippen LogP contribution is -2.36. The zero-order valence-electron chi connectivity index (χ0n) is 16.9. The number of carbonyl (C=O) groups is 2. The second-order valence-corrected chi connectivity index (χ2v) is 6.81. The fraction of sp³-hybridized carbons (Fsp3) is 0.364. The van der Waals surface area contributed by atoms with E-state index in [4.69, 9.17) is 9.47 Å². The van der Waals surface area contributed by atoms with E-state index >= 15 is 0 Å². The van der Waals surface area contributed by atoms with Crippen LogP contribution in [0.4, 0.5) is 0 Å². The largest absolute Gasteiger partial charge is 0.454 e. The van der Waals surface area contributed by atoms with Gasteiger partial charge in [0.2, 0.25) is 12.7 Å². The molecule has 1 aliphatic heterocycles. The molecule has 0 saturated heterocycles. The van der Waals surface area contributed by atoms with Crippen LogP contribution in [0.3, 0.4) is 0 Å². The molecule has 0 aliphatic carbocycles. The number of amides is 2. The van der Waals surface area contributed by atoms with Gasteiger partial charge in [0.15, 0.2) is 11.5 Å². The molecule has 154 valence electrons. The van der Waals surface area contributed by atoms with E-state index in [-0.39, 0.29) is 25.2 Å². The van der Waals surface area contributed by atoms with E-state index in [1.807, 2.05) is 12.1 Å². The molecule has 2 aromatic rings. The van der Waals surface area contributed by atoms with Crippen molar-refractivity contribution in [2.45, 2.75) is 26.9 Å². The van der Waals surface area contributed by atoms with Gasteiger partial charge in [0.25, 0.3) is 5.91 Å². The molecule has 0 bridgehead atoms. The molecule has 2 aromatic carbocycles. The molecule has 7 heteroatoms. The molecule has 3 rings (SSSR count). The average molecular weight is 397 g/mol.